The van der Waals surface area contributed by atoms with Gasteiger partial charge in [0, 0.05) is 32.0 Å². The van der Waals surface area contributed by atoms with Crippen molar-refractivity contribution >= 4 is 16.5 Å². The summed E-state index contributed by atoms with van der Waals surface area (Å²) in [7, 11) is 0. The van der Waals surface area contributed by atoms with Crippen LogP contribution in [0.2, 0.25) is 0 Å². The Kier molecular flexibility index (Phi) is 5.43. The van der Waals surface area contributed by atoms with Crippen molar-refractivity contribution in [3.05, 3.63) is 5.01 Å². The second-order valence-corrected chi connectivity index (χ2v) is 7.02. The second-order valence-electron chi connectivity index (χ2n) is 5.98. The molecule has 2 aliphatic rings. The molecule has 0 spiro atoms. The Morgan fingerprint density at radius 1 is 1.29 bits per heavy atom. The van der Waals surface area contributed by atoms with Crippen LogP contribution in [0.25, 0.3) is 0 Å². The van der Waals surface area contributed by atoms with Crippen LogP contribution in [-0.4, -0.2) is 49.2 Å². The van der Waals surface area contributed by atoms with Gasteiger partial charge in [0.15, 0.2) is 0 Å². The van der Waals surface area contributed by atoms with Gasteiger partial charge in [-0.25, -0.2) is 0 Å². The maximum atomic E-state index is 6.06. The topological polar surface area (TPSA) is 47.5 Å². The van der Waals surface area contributed by atoms with Gasteiger partial charge in [-0.05, 0) is 25.7 Å². The predicted octanol–water partition coefficient (Wildman–Crippen LogP) is 2.51. The van der Waals surface area contributed by atoms with Crippen molar-refractivity contribution in [3.8, 4) is 0 Å². The average molecular weight is 311 g/mol. The zero-order chi connectivity index (χ0) is 14.5. The second kappa shape index (κ2) is 7.51. The number of aryl methyl sites for hydroxylation is 1. The molecule has 21 heavy (non-hydrogen) atoms. The van der Waals surface area contributed by atoms with Crippen molar-refractivity contribution in [2.75, 3.05) is 37.8 Å². The fraction of sp³-hybridized carbons (Fsp3) is 0.867. The Bertz CT molecular complexity index is 426. The summed E-state index contributed by atoms with van der Waals surface area (Å²) >= 11 is 1.75. The maximum absolute atomic E-state index is 6.06. The van der Waals surface area contributed by atoms with Gasteiger partial charge in [0.25, 0.3) is 0 Å². The lowest BCUT2D eigenvalue weighted by atomic mass is 10.1. The van der Waals surface area contributed by atoms with Gasteiger partial charge in [-0.3, -0.25) is 0 Å². The molecule has 1 aromatic heterocycles. The molecule has 0 saturated carbocycles. The van der Waals surface area contributed by atoms with Crippen LogP contribution in [0.4, 0.5) is 5.13 Å². The van der Waals surface area contributed by atoms with Crippen molar-refractivity contribution in [1.29, 1.82) is 0 Å². The Balaban J connectivity index is 1.41. The van der Waals surface area contributed by atoms with Crippen molar-refractivity contribution in [3.63, 3.8) is 0 Å². The molecule has 118 valence electrons. The fourth-order valence-electron chi connectivity index (χ4n) is 2.89. The molecule has 2 saturated heterocycles. The summed E-state index contributed by atoms with van der Waals surface area (Å²) in [4.78, 5) is 2.36. The van der Waals surface area contributed by atoms with Gasteiger partial charge in [0.1, 0.15) is 5.01 Å². The normalized spacial score (nSPS) is 23.9. The number of anilines is 1. The van der Waals surface area contributed by atoms with E-state index in [1.54, 1.807) is 11.3 Å². The van der Waals surface area contributed by atoms with Gasteiger partial charge in [-0.1, -0.05) is 18.3 Å². The lowest BCUT2D eigenvalue weighted by molar-refractivity contribution is 0.0131. The molecule has 0 bridgehead atoms. The van der Waals surface area contributed by atoms with E-state index in [-0.39, 0.29) is 0 Å². The highest BCUT2D eigenvalue weighted by molar-refractivity contribution is 7.15. The van der Waals surface area contributed by atoms with Crippen molar-refractivity contribution in [2.45, 2.75) is 45.1 Å². The number of aromatic nitrogens is 2. The van der Waals surface area contributed by atoms with E-state index < -0.39 is 0 Å². The van der Waals surface area contributed by atoms with Gasteiger partial charge in [0.05, 0.1) is 19.3 Å². The first-order chi connectivity index (χ1) is 10.3. The molecule has 0 aliphatic carbocycles. The number of nitrogens with zero attached hydrogens (tertiary/aromatic N) is 3. The van der Waals surface area contributed by atoms with Crippen LogP contribution < -0.4 is 4.90 Å². The highest BCUT2D eigenvalue weighted by Gasteiger charge is 2.24. The summed E-state index contributed by atoms with van der Waals surface area (Å²) in [6.45, 7) is 6.90. The van der Waals surface area contributed by atoms with Crippen LogP contribution in [-0.2, 0) is 15.9 Å². The summed E-state index contributed by atoms with van der Waals surface area (Å²) < 4.78 is 11.4. The fourth-order valence-corrected chi connectivity index (χ4v) is 3.88. The minimum absolute atomic E-state index is 0.407. The van der Waals surface area contributed by atoms with Gasteiger partial charge in [-0.15, -0.1) is 10.2 Å². The third kappa shape index (κ3) is 4.14. The summed E-state index contributed by atoms with van der Waals surface area (Å²) in [5, 5.41) is 10.8. The number of hydrogen-bond acceptors (Lipinski definition) is 6. The monoisotopic (exact) mass is 311 g/mol. The molecule has 2 aliphatic heterocycles. The zero-order valence-electron chi connectivity index (χ0n) is 12.8. The zero-order valence-corrected chi connectivity index (χ0v) is 13.6. The summed E-state index contributed by atoms with van der Waals surface area (Å²) in [5.41, 5.74) is 0. The van der Waals surface area contributed by atoms with Gasteiger partial charge in [-0.2, -0.15) is 0 Å². The van der Waals surface area contributed by atoms with Crippen LogP contribution in [0, 0.1) is 5.92 Å². The molecule has 1 aromatic rings. The molecular formula is C15H25N3O2S. The standard InChI is InChI=1S/C15H25N3O2S/c1-2-3-14-16-17-15(21-14)18-7-4-13(5-8-18)20-11-12-6-9-19-10-12/h12-13H,2-11H2,1H3. The van der Waals surface area contributed by atoms with Crippen LogP contribution in [0.5, 0.6) is 0 Å². The predicted molar refractivity (Wildman–Crippen MR) is 84.0 cm³/mol. The molecular weight excluding hydrogens is 286 g/mol. The van der Waals surface area contributed by atoms with E-state index >= 15 is 0 Å². The van der Waals surface area contributed by atoms with E-state index in [2.05, 4.69) is 22.0 Å². The van der Waals surface area contributed by atoms with Gasteiger partial charge < -0.3 is 14.4 Å². The third-order valence-corrected chi connectivity index (χ3v) is 5.27. The first-order valence-electron chi connectivity index (χ1n) is 8.12. The Morgan fingerprint density at radius 3 is 2.86 bits per heavy atom. The first kappa shape index (κ1) is 15.2. The molecule has 1 atom stereocenters. The highest BCUT2D eigenvalue weighted by Crippen LogP contribution is 2.26. The van der Waals surface area contributed by atoms with Crippen LogP contribution in [0.15, 0.2) is 0 Å². The molecule has 3 rings (SSSR count). The lowest BCUT2D eigenvalue weighted by Gasteiger charge is -2.31. The Labute approximate surface area is 130 Å². The van der Waals surface area contributed by atoms with E-state index in [1.165, 1.54) is 0 Å². The van der Waals surface area contributed by atoms with Crippen LogP contribution in [0.1, 0.15) is 37.6 Å². The van der Waals surface area contributed by atoms with Crippen molar-refractivity contribution < 1.29 is 9.47 Å². The minimum Gasteiger partial charge on any atom is -0.381 e. The molecule has 2 fully saturated rings. The number of ether oxygens (including phenoxy) is 2. The summed E-state index contributed by atoms with van der Waals surface area (Å²) in [6.07, 6.45) is 5.93. The SMILES string of the molecule is CCCc1nnc(N2CCC(OCC3CCOC3)CC2)s1. The molecule has 1 unspecified atom stereocenters. The highest BCUT2D eigenvalue weighted by atomic mass is 32.1. The van der Waals surface area contributed by atoms with E-state index in [0.29, 0.717) is 12.0 Å². The molecule has 5 nitrogen and oxygen atoms in total. The van der Waals surface area contributed by atoms with E-state index in [1.807, 2.05) is 0 Å². The molecule has 0 N–H and O–H groups in total. The third-order valence-electron chi connectivity index (χ3n) is 4.22. The van der Waals surface area contributed by atoms with Gasteiger partial charge >= 0.3 is 0 Å². The minimum atomic E-state index is 0.407. The van der Waals surface area contributed by atoms with Gasteiger partial charge in [0.2, 0.25) is 5.13 Å². The van der Waals surface area contributed by atoms with Crippen LogP contribution in [0.3, 0.4) is 0 Å². The first-order valence-corrected chi connectivity index (χ1v) is 8.93. The van der Waals surface area contributed by atoms with E-state index in [4.69, 9.17) is 9.47 Å². The molecule has 0 amide bonds. The molecule has 0 radical (unpaired) electrons. The molecule has 3 heterocycles. The van der Waals surface area contributed by atoms with E-state index in [9.17, 15) is 0 Å². The van der Waals surface area contributed by atoms with Crippen molar-refractivity contribution in [2.24, 2.45) is 5.92 Å². The van der Waals surface area contributed by atoms with Crippen LogP contribution >= 0.6 is 11.3 Å². The Morgan fingerprint density at radius 2 is 2.14 bits per heavy atom. The molecule has 0 aromatic carbocycles. The largest absolute Gasteiger partial charge is 0.381 e. The molecule has 6 heteroatoms. The van der Waals surface area contributed by atoms with Crippen molar-refractivity contribution in [1.82, 2.24) is 10.2 Å². The van der Waals surface area contributed by atoms with E-state index in [0.717, 1.165) is 75.2 Å². The number of piperidine rings is 1. The smallest absolute Gasteiger partial charge is 0.208 e. The summed E-state index contributed by atoms with van der Waals surface area (Å²) in [6, 6.07) is 0. The summed E-state index contributed by atoms with van der Waals surface area (Å²) in [5.74, 6) is 0.614. The maximum Gasteiger partial charge on any atom is 0.208 e. The lowest BCUT2D eigenvalue weighted by Crippen LogP contribution is -2.37. The average Bonchev–Trinajstić information content (AvgIpc) is 3.17. The quantitative estimate of drug-likeness (QED) is 0.808. The number of rotatable bonds is 6. The number of hydrogen-bond donors (Lipinski definition) is 0. The Hall–Kier alpha value is -0.720.